The fourth-order valence-electron chi connectivity index (χ4n) is 2.07. The molecule has 0 spiro atoms. The number of aryl methyl sites for hydroxylation is 2. The van der Waals surface area contributed by atoms with Crippen LogP contribution in [0.1, 0.15) is 23.6 Å². The molecule has 3 nitrogen and oxygen atoms in total. The monoisotopic (exact) mass is 331 g/mol. The normalized spacial score (nSPS) is 11.2. The summed E-state index contributed by atoms with van der Waals surface area (Å²) in [4.78, 5) is 0. The van der Waals surface area contributed by atoms with E-state index >= 15 is 0 Å². The van der Waals surface area contributed by atoms with E-state index in [9.17, 15) is 0 Å². The Hall–Kier alpha value is -1.91. The number of rotatable bonds is 3. The molecular weight excluding hydrogens is 314 g/mol. The maximum Gasteiger partial charge on any atom is 0.191 e. The van der Waals surface area contributed by atoms with Crippen LogP contribution < -0.4 is 10.7 Å². The van der Waals surface area contributed by atoms with Gasteiger partial charge in [0.2, 0.25) is 0 Å². The molecule has 0 saturated heterocycles. The molecule has 0 atom stereocenters. The van der Waals surface area contributed by atoms with Gasteiger partial charge in [0.05, 0.1) is 5.71 Å². The minimum absolute atomic E-state index is 0.457. The number of hydrogen-bond donors (Lipinski definition) is 2. The number of hydrogen-bond acceptors (Lipinski definition) is 2. The van der Waals surface area contributed by atoms with Crippen LogP contribution in [0.2, 0.25) is 5.02 Å². The first kappa shape index (κ1) is 16.5. The molecule has 0 aliphatic rings. The summed E-state index contributed by atoms with van der Waals surface area (Å²) in [6.07, 6.45) is 0. The predicted octanol–water partition coefficient (Wildman–Crippen LogP) is 4.67. The Morgan fingerprint density at radius 2 is 1.73 bits per heavy atom. The van der Waals surface area contributed by atoms with E-state index in [1.165, 1.54) is 0 Å². The molecule has 0 fully saturated rings. The van der Waals surface area contributed by atoms with Crippen molar-refractivity contribution in [3.8, 4) is 0 Å². The molecule has 2 aromatic carbocycles. The summed E-state index contributed by atoms with van der Waals surface area (Å²) in [6, 6.07) is 13.6. The zero-order chi connectivity index (χ0) is 16.1. The highest BCUT2D eigenvalue weighted by molar-refractivity contribution is 7.80. The van der Waals surface area contributed by atoms with Crippen LogP contribution >= 0.6 is 23.8 Å². The molecular formula is C17H18ClN3S. The van der Waals surface area contributed by atoms with E-state index in [2.05, 4.69) is 15.8 Å². The van der Waals surface area contributed by atoms with Gasteiger partial charge in [0.1, 0.15) is 0 Å². The lowest BCUT2D eigenvalue weighted by atomic mass is 10.1. The third kappa shape index (κ3) is 4.29. The Morgan fingerprint density at radius 3 is 2.36 bits per heavy atom. The van der Waals surface area contributed by atoms with Crippen molar-refractivity contribution in [2.45, 2.75) is 20.8 Å². The highest BCUT2D eigenvalue weighted by Gasteiger charge is 2.04. The summed E-state index contributed by atoms with van der Waals surface area (Å²) >= 11 is 11.3. The fourth-order valence-corrected chi connectivity index (χ4v) is 2.40. The van der Waals surface area contributed by atoms with Gasteiger partial charge in [-0.15, -0.1) is 0 Å². The summed E-state index contributed by atoms with van der Waals surface area (Å²) in [7, 11) is 0. The quantitative estimate of drug-likeness (QED) is 0.487. The van der Waals surface area contributed by atoms with Crippen LogP contribution in [-0.4, -0.2) is 10.8 Å². The van der Waals surface area contributed by atoms with Gasteiger partial charge >= 0.3 is 0 Å². The molecule has 5 heteroatoms. The lowest BCUT2D eigenvalue weighted by Gasteiger charge is -2.13. The zero-order valence-electron chi connectivity index (χ0n) is 12.8. The van der Waals surface area contributed by atoms with Gasteiger partial charge in [-0.05, 0) is 61.8 Å². The van der Waals surface area contributed by atoms with Gasteiger partial charge in [-0.3, -0.25) is 5.43 Å². The number of thiocarbonyl (C=S) groups is 1. The Balaban J connectivity index is 2.05. The Bertz CT molecular complexity index is 705. The van der Waals surface area contributed by atoms with E-state index in [4.69, 9.17) is 23.8 Å². The zero-order valence-corrected chi connectivity index (χ0v) is 14.3. The van der Waals surface area contributed by atoms with Crippen molar-refractivity contribution >= 4 is 40.3 Å². The van der Waals surface area contributed by atoms with Crippen molar-refractivity contribution in [3.63, 3.8) is 0 Å². The minimum atomic E-state index is 0.457. The average molecular weight is 332 g/mol. The molecule has 0 amide bonds. The number of benzene rings is 2. The van der Waals surface area contributed by atoms with Gasteiger partial charge in [-0.25, -0.2) is 0 Å². The van der Waals surface area contributed by atoms with Crippen LogP contribution in [-0.2, 0) is 0 Å². The smallest absolute Gasteiger partial charge is 0.191 e. The minimum Gasteiger partial charge on any atom is -0.331 e. The van der Waals surface area contributed by atoms with Crippen LogP contribution in [0.3, 0.4) is 0 Å². The number of nitrogens with one attached hydrogen (secondary N) is 2. The topological polar surface area (TPSA) is 36.4 Å². The van der Waals surface area contributed by atoms with Crippen molar-refractivity contribution in [2.24, 2.45) is 5.10 Å². The molecule has 2 rings (SSSR count). The van der Waals surface area contributed by atoms with Crippen LogP contribution in [0.5, 0.6) is 0 Å². The maximum absolute atomic E-state index is 5.98. The van der Waals surface area contributed by atoms with Crippen LogP contribution in [0, 0.1) is 13.8 Å². The third-order valence-electron chi connectivity index (χ3n) is 3.29. The second kappa shape index (κ2) is 7.38. The van der Waals surface area contributed by atoms with E-state index in [1.807, 2.05) is 63.2 Å². The lowest BCUT2D eigenvalue weighted by molar-refractivity contribution is 1.04. The molecule has 0 heterocycles. The first-order valence-electron chi connectivity index (χ1n) is 6.91. The SMILES string of the molecule is C/C(=N/NC(=S)Nc1c(C)cccc1C)c1cccc(Cl)c1. The van der Waals surface area contributed by atoms with Crippen LogP contribution in [0.15, 0.2) is 47.6 Å². The number of anilines is 1. The molecule has 0 aliphatic carbocycles. The standard InChI is InChI=1S/C17H18ClN3S/c1-11-6-4-7-12(2)16(11)19-17(22)21-20-13(3)14-8-5-9-15(18)10-14/h4-10H,1-3H3,(H2,19,21,22)/b20-13-. The Kier molecular flexibility index (Phi) is 5.52. The Labute approximate surface area is 141 Å². The summed E-state index contributed by atoms with van der Waals surface area (Å²) in [5, 5.41) is 8.62. The molecule has 0 bridgehead atoms. The second-order valence-corrected chi connectivity index (χ2v) is 5.88. The first-order chi connectivity index (χ1) is 10.5. The van der Waals surface area contributed by atoms with Gasteiger partial charge < -0.3 is 5.32 Å². The van der Waals surface area contributed by atoms with Crippen LogP contribution in [0.25, 0.3) is 0 Å². The molecule has 0 aromatic heterocycles. The fraction of sp³-hybridized carbons (Fsp3) is 0.176. The lowest BCUT2D eigenvalue weighted by Crippen LogP contribution is -2.25. The van der Waals surface area contributed by atoms with Gasteiger partial charge in [-0.1, -0.05) is 41.9 Å². The van der Waals surface area contributed by atoms with Crippen molar-refractivity contribution < 1.29 is 0 Å². The van der Waals surface area contributed by atoms with Crippen LogP contribution in [0.4, 0.5) is 5.69 Å². The number of halogens is 1. The molecule has 0 saturated carbocycles. The summed E-state index contributed by atoms with van der Waals surface area (Å²) in [5.74, 6) is 0. The molecule has 0 radical (unpaired) electrons. The molecule has 0 unspecified atom stereocenters. The maximum atomic E-state index is 5.98. The molecule has 0 aliphatic heterocycles. The van der Waals surface area contributed by atoms with Gasteiger partial charge in [0.25, 0.3) is 0 Å². The van der Waals surface area contributed by atoms with Crippen molar-refractivity contribution in [1.82, 2.24) is 5.43 Å². The average Bonchev–Trinajstić information content (AvgIpc) is 2.48. The largest absolute Gasteiger partial charge is 0.331 e. The van der Waals surface area contributed by atoms with Crippen molar-refractivity contribution in [3.05, 3.63) is 64.2 Å². The van der Waals surface area contributed by atoms with Crippen molar-refractivity contribution in [2.75, 3.05) is 5.32 Å². The highest BCUT2D eigenvalue weighted by atomic mass is 35.5. The summed E-state index contributed by atoms with van der Waals surface area (Å²) < 4.78 is 0. The van der Waals surface area contributed by atoms with E-state index in [1.54, 1.807) is 0 Å². The second-order valence-electron chi connectivity index (χ2n) is 5.04. The van der Waals surface area contributed by atoms with Gasteiger partial charge in [0.15, 0.2) is 5.11 Å². The summed E-state index contributed by atoms with van der Waals surface area (Å²) in [5.41, 5.74) is 7.92. The third-order valence-corrected chi connectivity index (χ3v) is 3.72. The number of hydrazone groups is 1. The van der Waals surface area contributed by atoms with E-state index < -0.39 is 0 Å². The van der Waals surface area contributed by atoms with Gasteiger partial charge in [0, 0.05) is 10.7 Å². The Morgan fingerprint density at radius 1 is 1.09 bits per heavy atom. The first-order valence-corrected chi connectivity index (χ1v) is 7.69. The highest BCUT2D eigenvalue weighted by Crippen LogP contribution is 2.19. The summed E-state index contributed by atoms with van der Waals surface area (Å²) in [6.45, 7) is 5.98. The van der Waals surface area contributed by atoms with Gasteiger partial charge in [-0.2, -0.15) is 5.10 Å². The van der Waals surface area contributed by atoms with E-state index in [-0.39, 0.29) is 0 Å². The number of para-hydroxylation sites is 1. The number of nitrogens with zero attached hydrogens (tertiary/aromatic N) is 1. The van der Waals surface area contributed by atoms with E-state index in [0.717, 1.165) is 28.1 Å². The molecule has 2 aromatic rings. The molecule has 114 valence electrons. The predicted molar refractivity (Wildman–Crippen MR) is 98.9 cm³/mol. The molecule has 22 heavy (non-hydrogen) atoms. The van der Waals surface area contributed by atoms with E-state index in [0.29, 0.717) is 10.1 Å². The van der Waals surface area contributed by atoms with Crippen molar-refractivity contribution in [1.29, 1.82) is 0 Å². The molecule has 2 N–H and O–H groups in total.